The monoisotopic (exact) mass is 302 g/mol. The second-order valence-electron chi connectivity index (χ2n) is 3.27. The molecule has 92 valence electrons. The van der Waals surface area contributed by atoms with Gasteiger partial charge in [0.2, 0.25) is 0 Å². The van der Waals surface area contributed by atoms with Gasteiger partial charge in [-0.15, -0.1) is 5.10 Å². The van der Waals surface area contributed by atoms with Gasteiger partial charge in [-0.25, -0.2) is 4.39 Å². The van der Waals surface area contributed by atoms with Gasteiger partial charge in [0.15, 0.2) is 5.78 Å². The average molecular weight is 303 g/mol. The number of carbonyl (C=O) groups excluding carboxylic acids is 1. The highest BCUT2D eigenvalue weighted by molar-refractivity contribution is 7.03. The fourth-order valence-electron chi connectivity index (χ4n) is 1.21. The number of allylic oxidation sites excluding steroid dienone is 1. The van der Waals surface area contributed by atoms with Crippen LogP contribution in [0.4, 0.5) is 4.39 Å². The van der Waals surface area contributed by atoms with Gasteiger partial charge in [-0.2, -0.15) is 0 Å². The zero-order valence-electron chi connectivity index (χ0n) is 8.73. The van der Waals surface area contributed by atoms with Gasteiger partial charge < -0.3 is 0 Å². The molecular weight excluding hydrogens is 298 g/mol. The first-order valence-corrected chi connectivity index (χ1v) is 6.31. The van der Waals surface area contributed by atoms with Gasteiger partial charge in [0.1, 0.15) is 5.82 Å². The Hall–Kier alpha value is -1.30. The van der Waals surface area contributed by atoms with E-state index in [1.807, 2.05) is 0 Å². The standard InChI is InChI=1S/C11H5Cl2FN2OS/c12-8-4-9(13)10(14)3-7(8)11(17)2-1-6-5-18-16-15-6/h1-5H. The Balaban J connectivity index is 2.27. The Morgan fingerprint density at radius 2 is 2.11 bits per heavy atom. The Bertz CT molecular complexity index is 614. The van der Waals surface area contributed by atoms with Crippen molar-refractivity contribution in [2.45, 2.75) is 0 Å². The summed E-state index contributed by atoms with van der Waals surface area (Å²) in [4.78, 5) is 11.8. The molecule has 0 aliphatic heterocycles. The van der Waals surface area contributed by atoms with Crippen molar-refractivity contribution in [3.63, 3.8) is 0 Å². The lowest BCUT2D eigenvalue weighted by atomic mass is 10.1. The van der Waals surface area contributed by atoms with E-state index in [-0.39, 0.29) is 15.6 Å². The first-order chi connectivity index (χ1) is 8.58. The summed E-state index contributed by atoms with van der Waals surface area (Å²) >= 11 is 12.5. The van der Waals surface area contributed by atoms with Crippen molar-refractivity contribution >= 4 is 46.6 Å². The summed E-state index contributed by atoms with van der Waals surface area (Å²) in [6.07, 6.45) is 2.74. The molecule has 0 amide bonds. The Morgan fingerprint density at radius 1 is 1.33 bits per heavy atom. The van der Waals surface area contributed by atoms with E-state index in [1.54, 1.807) is 5.38 Å². The molecule has 1 heterocycles. The lowest BCUT2D eigenvalue weighted by Gasteiger charge is -2.01. The summed E-state index contributed by atoms with van der Waals surface area (Å²) in [5.74, 6) is -1.11. The molecule has 1 aromatic carbocycles. The van der Waals surface area contributed by atoms with E-state index in [9.17, 15) is 9.18 Å². The van der Waals surface area contributed by atoms with Gasteiger partial charge in [-0.1, -0.05) is 27.7 Å². The summed E-state index contributed by atoms with van der Waals surface area (Å²) in [5, 5.41) is 5.39. The number of benzene rings is 1. The molecule has 18 heavy (non-hydrogen) atoms. The fourth-order valence-corrected chi connectivity index (χ4v) is 2.11. The molecule has 0 N–H and O–H groups in total. The Labute approximate surface area is 116 Å². The van der Waals surface area contributed by atoms with E-state index in [1.165, 1.54) is 29.8 Å². The van der Waals surface area contributed by atoms with E-state index in [0.29, 0.717) is 5.69 Å². The summed E-state index contributed by atoms with van der Waals surface area (Å²) in [6.45, 7) is 0. The predicted octanol–water partition coefficient (Wildman–Crippen LogP) is 3.88. The fraction of sp³-hybridized carbons (Fsp3) is 0. The van der Waals surface area contributed by atoms with Crippen molar-refractivity contribution in [1.82, 2.24) is 9.59 Å². The van der Waals surface area contributed by atoms with Gasteiger partial charge >= 0.3 is 0 Å². The van der Waals surface area contributed by atoms with Crippen LogP contribution in [0, 0.1) is 5.82 Å². The van der Waals surface area contributed by atoms with E-state index in [0.717, 1.165) is 6.07 Å². The first kappa shape index (κ1) is 13.1. The molecule has 7 heteroatoms. The topological polar surface area (TPSA) is 42.9 Å². The van der Waals surface area contributed by atoms with Crippen LogP contribution in [0.3, 0.4) is 0 Å². The van der Waals surface area contributed by atoms with Crippen molar-refractivity contribution in [2.24, 2.45) is 0 Å². The van der Waals surface area contributed by atoms with Gasteiger partial charge in [0, 0.05) is 10.9 Å². The molecule has 0 spiro atoms. The van der Waals surface area contributed by atoms with Gasteiger partial charge in [-0.3, -0.25) is 4.79 Å². The quantitative estimate of drug-likeness (QED) is 0.491. The normalized spacial score (nSPS) is 11.1. The Morgan fingerprint density at radius 3 is 2.78 bits per heavy atom. The third-order valence-electron chi connectivity index (χ3n) is 2.06. The van der Waals surface area contributed by atoms with Crippen molar-refractivity contribution < 1.29 is 9.18 Å². The van der Waals surface area contributed by atoms with Crippen LogP contribution in [0.15, 0.2) is 23.6 Å². The van der Waals surface area contributed by atoms with Crippen LogP contribution in [0.25, 0.3) is 6.08 Å². The molecule has 0 atom stereocenters. The number of hydrogen-bond donors (Lipinski definition) is 0. The maximum absolute atomic E-state index is 13.2. The van der Waals surface area contributed by atoms with Gasteiger partial charge in [0.25, 0.3) is 0 Å². The molecule has 0 unspecified atom stereocenters. The molecule has 0 aliphatic carbocycles. The van der Waals surface area contributed by atoms with Crippen LogP contribution < -0.4 is 0 Å². The molecule has 0 fully saturated rings. The number of nitrogens with zero attached hydrogens (tertiary/aromatic N) is 2. The predicted molar refractivity (Wildman–Crippen MR) is 69.7 cm³/mol. The van der Waals surface area contributed by atoms with E-state index >= 15 is 0 Å². The average Bonchev–Trinajstić information content (AvgIpc) is 2.84. The minimum atomic E-state index is -0.687. The zero-order valence-corrected chi connectivity index (χ0v) is 11.1. The summed E-state index contributed by atoms with van der Waals surface area (Å²) < 4.78 is 16.9. The second-order valence-corrected chi connectivity index (χ2v) is 4.70. The van der Waals surface area contributed by atoms with Crippen LogP contribution in [0.2, 0.25) is 10.0 Å². The molecule has 1 aromatic heterocycles. The number of halogens is 3. The Kier molecular flexibility index (Phi) is 4.06. The van der Waals surface area contributed by atoms with Crippen LogP contribution in [0.5, 0.6) is 0 Å². The number of hydrogen-bond acceptors (Lipinski definition) is 4. The smallest absolute Gasteiger partial charge is 0.187 e. The minimum Gasteiger partial charge on any atom is -0.289 e. The first-order valence-electron chi connectivity index (χ1n) is 4.72. The largest absolute Gasteiger partial charge is 0.289 e. The molecule has 3 nitrogen and oxygen atoms in total. The SMILES string of the molecule is O=C(C=Cc1csnn1)c1cc(F)c(Cl)cc1Cl. The van der Waals surface area contributed by atoms with E-state index < -0.39 is 11.6 Å². The molecule has 0 saturated carbocycles. The van der Waals surface area contributed by atoms with Crippen molar-refractivity contribution in [2.75, 3.05) is 0 Å². The minimum absolute atomic E-state index is 0.0537. The molecule has 2 aromatic rings. The number of aromatic nitrogens is 2. The summed E-state index contributed by atoms with van der Waals surface area (Å²) in [7, 11) is 0. The van der Waals surface area contributed by atoms with Crippen LogP contribution >= 0.6 is 34.7 Å². The van der Waals surface area contributed by atoms with E-state index in [4.69, 9.17) is 23.2 Å². The van der Waals surface area contributed by atoms with Gasteiger partial charge in [0.05, 0.1) is 15.7 Å². The van der Waals surface area contributed by atoms with Crippen molar-refractivity contribution in [1.29, 1.82) is 0 Å². The van der Waals surface area contributed by atoms with Crippen LogP contribution in [0.1, 0.15) is 16.1 Å². The second kappa shape index (κ2) is 5.56. The molecule has 0 radical (unpaired) electrons. The van der Waals surface area contributed by atoms with Crippen molar-refractivity contribution in [3.8, 4) is 0 Å². The van der Waals surface area contributed by atoms with Crippen LogP contribution in [-0.2, 0) is 0 Å². The summed E-state index contributed by atoms with van der Waals surface area (Å²) in [5.41, 5.74) is 0.608. The zero-order chi connectivity index (χ0) is 13.1. The molecule has 0 bridgehead atoms. The summed E-state index contributed by atoms with van der Waals surface area (Å²) in [6, 6.07) is 2.21. The molecular formula is C11H5Cl2FN2OS. The van der Waals surface area contributed by atoms with Gasteiger partial charge in [-0.05, 0) is 35.8 Å². The molecule has 2 rings (SSSR count). The highest BCUT2D eigenvalue weighted by Gasteiger charge is 2.12. The maximum Gasteiger partial charge on any atom is 0.187 e. The maximum atomic E-state index is 13.2. The molecule has 0 aliphatic rings. The third kappa shape index (κ3) is 2.93. The highest BCUT2D eigenvalue weighted by atomic mass is 35.5. The molecule has 0 saturated heterocycles. The number of carbonyl (C=O) groups is 1. The number of ketones is 1. The van der Waals surface area contributed by atoms with Crippen LogP contribution in [-0.4, -0.2) is 15.4 Å². The number of rotatable bonds is 3. The van der Waals surface area contributed by atoms with E-state index in [2.05, 4.69) is 9.59 Å². The van der Waals surface area contributed by atoms with Crippen molar-refractivity contribution in [3.05, 3.63) is 50.7 Å². The lowest BCUT2D eigenvalue weighted by molar-refractivity contribution is 0.104. The lowest BCUT2D eigenvalue weighted by Crippen LogP contribution is -1.97. The third-order valence-corrected chi connectivity index (χ3v) is 3.18. The highest BCUT2D eigenvalue weighted by Crippen LogP contribution is 2.25.